The molecule has 14 heavy (non-hydrogen) atoms. The number of nitrogens with two attached hydrogens (primary N) is 1. The summed E-state index contributed by atoms with van der Waals surface area (Å²) in [6, 6.07) is 0.642. The first-order valence-corrected chi connectivity index (χ1v) is 5.00. The van der Waals surface area contributed by atoms with E-state index >= 15 is 0 Å². The average Bonchev–Trinajstić information content (AvgIpc) is 2.06. The molecule has 1 heterocycles. The van der Waals surface area contributed by atoms with Crippen LogP contribution in [0.5, 0.6) is 0 Å². The van der Waals surface area contributed by atoms with Crippen LogP contribution in [0.1, 0.15) is 24.8 Å². The predicted molar refractivity (Wildman–Crippen MR) is 57.2 cm³/mol. The van der Waals surface area contributed by atoms with Gasteiger partial charge in [-0.1, -0.05) is 0 Å². The Hall–Kier alpha value is -1.32. The minimum absolute atomic E-state index is 0.584. The average molecular weight is 192 g/mol. The monoisotopic (exact) mass is 192 g/mol. The molecule has 1 fully saturated rings. The van der Waals surface area contributed by atoms with Crippen LogP contribution in [0.2, 0.25) is 0 Å². The van der Waals surface area contributed by atoms with Gasteiger partial charge in [0.2, 0.25) is 0 Å². The van der Waals surface area contributed by atoms with E-state index in [2.05, 4.69) is 21.9 Å². The highest BCUT2D eigenvalue weighted by Crippen LogP contribution is 2.29. The summed E-state index contributed by atoms with van der Waals surface area (Å²) in [5.74, 6) is 1.56. The van der Waals surface area contributed by atoms with Gasteiger partial charge in [0.1, 0.15) is 18.0 Å². The van der Waals surface area contributed by atoms with Crippen molar-refractivity contribution in [2.75, 3.05) is 17.7 Å². The Bertz CT molecular complexity index is 333. The van der Waals surface area contributed by atoms with Crippen LogP contribution in [0.4, 0.5) is 11.6 Å². The zero-order valence-corrected chi connectivity index (χ0v) is 8.70. The molecule has 4 heteroatoms. The Kier molecular flexibility index (Phi) is 2.27. The molecule has 1 aliphatic carbocycles. The van der Waals surface area contributed by atoms with E-state index in [0.717, 1.165) is 11.4 Å². The number of anilines is 2. The lowest BCUT2D eigenvalue weighted by atomic mass is 9.92. The van der Waals surface area contributed by atoms with Gasteiger partial charge in [0.25, 0.3) is 0 Å². The lowest BCUT2D eigenvalue weighted by molar-refractivity contribution is 0.399. The van der Waals surface area contributed by atoms with Gasteiger partial charge in [0.05, 0.1) is 0 Å². The predicted octanol–water partition coefficient (Wildman–Crippen LogP) is 1.36. The maximum absolute atomic E-state index is 5.74. The second kappa shape index (κ2) is 3.44. The van der Waals surface area contributed by atoms with Crippen molar-refractivity contribution in [1.82, 2.24) is 9.97 Å². The smallest absolute Gasteiger partial charge is 0.137 e. The summed E-state index contributed by atoms with van der Waals surface area (Å²) < 4.78 is 0. The lowest BCUT2D eigenvalue weighted by Crippen LogP contribution is -2.38. The van der Waals surface area contributed by atoms with E-state index in [4.69, 9.17) is 5.73 Å². The van der Waals surface area contributed by atoms with Crippen molar-refractivity contribution in [1.29, 1.82) is 0 Å². The van der Waals surface area contributed by atoms with Gasteiger partial charge in [-0.05, 0) is 26.2 Å². The van der Waals surface area contributed by atoms with Crippen molar-refractivity contribution in [3.05, 3.63) is 11.9 Å². The first-order valence-electron chi connectivity index (χ1n) is 5.00. The molecule has 4 nitrogen and oxygen atoms in total. The molecule has 0 aromatic carbocycles. The molecular weight excluding hydrogens is 176 g/mol. The van der Waals surface area contributed by atoms with Crippen molar-refractivity contribution in [3.8, 4) is 0 Å². The molecule has 76 valence electrons. The van der Waals surface area contributed by atoms with E-state index in [1.165, 1.54) is 25.6 Å². The molecule has 2 rings (SSSR count). The van der Waals surface area contributed by atoms with Crippen molar-refractivity contribution < 1.29 is 0 Å². The number of hydrogen-bond acceptors (Lipinski definition) is 4. The Labute approximate surface area is 84.2 Å². The van der Waals surface area contributed by atoms with Crippen LogP contribution in [-0.2, 0) is 0 Å². The molecule has 0 radical (unpaired) electrons. The van der Waals surface area contributed by atoms with Crippen molar-refractivity contribution >= 4 is 11.6 Å². The van der Waals surface area contributed by atoms with Gasteiger partial charge >= 0.3 is 0 Å². The van der Waals surface area contributed by atoms with Gasteiger partial charge in [-0.15, -0.1) is 0 Å². The summed E-state index contributed by atoms with van der Waals surface area (Å²) in [6.45, 7) is 1.97. The SMILES string of the molecule is Cc1c(N)ncnc1N(C)C1CCC1. The van der Waals surface area contributed by atoms with Crippen LogP contribution in [-0.4, -0.2) is 23.1 Å². The number of rotatable bonds is 2. The zero-order chi connectivity index (χ0) is 10.1. The molecule has 0 unspecified atom stereocenters. The van der Waals surface area contributed by atoms with Gasteiger partial charge < -0.3 is 10.6 Å². The normalized spacial score (nSPS) is 16.4. The van der Waals surface area contributed by atoms with Crippen molar-refractivity contribution in [2.24, 2.45) is 0 Å². The Morgan fingerprint density at radius 2 is 2.14 bits per heavy atom. The highest BCUT2D eigenvalue weighted by molar-refractivity contribution is 5.55. The number of nitrogens with zero attached hydrogens (tertiary/aromatic N) is 3. The highest BCUT2D eigenvalue weighted by Gasteiger charge is 2.24. The maximum Gasteiger partial charge on any atom is 0.137 e. The zero-order valence-electron chi connectivity index (χ0n) is 8.70. The number of nitrogen functional groups attached to an aromatic ring is 1. The van der Waals surface area contributed by atoms with E-state index in [9.17, 15) is 0 Å². The molecule has 0 bridgehead atoms. The minimum Gasteiger partial charge on any atom is -0.383 e. The molecule has 0 atom stereocenters. The fraction of sp³-hybridized carbons (Fsp3) is 0.600. The van der Waals surface area contributed by atoms with E-state index in [0.29, 0.717) is 11.9 Å². The quantitative estimate of drug-likeness (QED) is 0.768. The summed E-state index contributed by atoms with van der Waals surface area (Å²) in [7, 11) is 2.08. The third-order valence-corrected chi connectivity index (χ3v) is 3.05. The molecule has 1 saturated carbocycles. The number of hydrogen-bond donors (Lipinski definition) is 1. The molecule has 1 aromatic heterocycles. The van der Waals surface area contributed by atoms with Gasteiger partial charge in [-0.25, -0.2) is 9.97 Å². The van der Waals surface area contributed by atoms with Crippen LogP contribution in [0.25, 0.3) is 0 Å². The van der Waals surface area contributed by atoms with E-state index in [1.807, 2.05) is 6.92 Å². The van der Waals surface area contributed by atoms with Gasteiger partial charge in [-0.3, -0.25) is 0 Å². The summed E-state index contributed by atoms with van der Waals surface area (Å²) >= 11 is 0. The van der Waals surface area contributed by atoms with Gasteiger partial charge in [-0.2, -0.15) is 0 Å². The largest absolute Gasteiger partial charge is 0.383 e. The fourth-order valence-corrected chi connectivity index (χ4v) is 1.76. The Morgan fingerprint density at radius 3 is 2.71 bits per heavy atom. The third-order valence-electron chi connectivity index (χ3n) is 3.05. The van der Waals surface area contributed by atoms with E-state index in [1.54, 1.807) is 0 Å². The first-order chi connectivity index (χ1) is 6.70. The van der Waals surface area contributed by atoms with Crippen LogP contribution in [0.15, 0.2) is 6.33 Å². The van der Waals surface area contributed by atoms with Gasteiger partial charge in [0, 0.05) is 18.7 Å². The fourth-order valence-electron chi connectivity index (χ4n) is 1.76. The Balaban J connectivity index is 2.26. The molecule has 0 spiro atoms. The Morgan fingerprint density at radius 1 is 1.43 bits per heavy atom. The van der Waals surface area contributed by atoms with Crippen molar-refractivity contribution in [2.45, 2.75) is 32.2 Å². The van der Waals surface area contributed by atoms with Gasteiger partial charge in [0.15, 0.2) is 0 Å². The summed E-state index contributed by atoms with van der Waals surface area (Å²) in [6.07, 6.45) is 5.39. The number of aromatic nitrogens is 2. The second-order valence-corrected chi connectivity index (χ2v) is 3.90. The first kappa shape index (κ1) is 9.24. The minimum atomic E-state index is 0.584. The maximum atomic E-state index is 5.74. The summed E-state index contributed by atoms with van der Waals surface area (Å²) in [5.41, 5.74) is 6.73. The lowest BCUT2D eigenvalue weighted by Gasteiger charge is -2.36. The van der Waals surface area contributed by atoms with Crippen LogP contribution in [0.3, 0.4) is 0 Å². The summed E-state index contributed by atoms with van der Waals surface area (Å²) in [4.78, 5) is 10.5. The molecule has 0 saturated heterocycles. The molecular formula is C10H16N4. The molecule has 0 amide bonds. The second-order valence-electron chi connectivity index (χ2n) is 3.90. The van der Waals surface area contributed by atoms with Crippen molar-refractivity contribution in [3.63, 3.8) is 0 Å². The highest BCUT2D eigenvalue weighted by atomic mass is 15.2. The molecule has 1 aromatic rings. The van der Waals surface area contributed by atoms with E-state index < -0.39 is 0 Å². The molecule has 0 aliphatic heterocycles. The van der Waals surface area contributed by atoms with E-state index in [-0.39, 0.29) is 0 Å². The van der Waals surface area contributed by atoms with Crippen LogP contribution < -0.4 is 10.6 Å². The molecule has 1 aliphatic rings. The molecule has 2 N–H and O–H groups in total. The topological polar surface area (TPSA) is 55.0 Å². The standard InChI is InChI=1S/C10H16N4/c1-7-9(11)12-6-13-10(7)14(2)8-4-3-5-8/h6,8H,3-5H2,1-2H3,(H2,11,12,13). The van der Waals surface area contributed by atoms with Crippen LogP contribution >= 0.6 is 0 Å². The third kappa shape index (κ3) is 1.41. The summed E-state index contributed by atoms with van der Waals surface area (Å²) in [5, 5.41) is 0. The van der Waals surface area contributed by atoms with Crippen LogP contribution in [0, 0.1) is 6.92 Å².